The number of carbonyl (C=O) groups excluding carboxylic acids is 1. The Balaban J connectivity index is 1.60. The van der Waals surface area contributed by atoms with Gasteiger partial charge in [-0.1, -0.05) is 24.3 Å². The SMILES string of the molecule is CN(Cc1ccc(C#N)cc1)C(=O)C1CC1c1ccc(C(F)(F)F)cc1. The molecule has 0 aromatic heterocycles. The molecule has 3 nitrogen and oxygen atoms in total. The van der Waals surface area contributed by atoms with E-state index >= 15 is 0 Å². The van der Waals surface area contributed by atoms with E-state index in [9.17, 15) is 18.0 Å². The lowest BCUT2D eigenvalue weighted by Gasteiger charge is -2.17. The van der Waals surface area contributed by atoms with Gasteiger partial charge in [0.1, 0.15) is 0 Å². The molecule has 0 bridgehead atoms. The van der Waals surface area contributed by atoms with Crippen molar-refractivity contribution in [2.24, 2.45) is 5.92 Å². The summed E-state index contributed by atoms with van der Waals surface area (Å²) in [7, 11) is 1.71. The quantitative estimate of drug-likeness (QED) is 0.816. The number of benzene rings is 2. The number of amides is 1. The molecule has 2 atom stereocenters. The summed E-state index contributed by atoms with van der Waals surface area (Å²) < 4.78 is 37.9. The smallest absolute Gasteiger partial charge is 0.341 e. The molecule has 134 valence electrons. The van der Waals surface area contributed by atoms with Crippen LogP contribution in [0, 0.1) is 17.2 Å². The van der Waals surface area contributed by atoms with E-state index in [4.69, 9.17) is 5.26 Å². The predicted molar refractivity (Wildman–Crippen MR) is 89.9 cm³/mol. The van der Waals surface area contributed by atoms with Gasteiger partial charge in [0, 0.05) is 19.5 Å². The van der Waals surface area contributed by atoms with Crippen molar-refractivity contribution >= 4 is 5.91 Å². The van der Waals surface area contributed by atoms with Gasteiger partial charge in [0.05, 0.1) is 17.2 Å². The molecule has 3 rings (SSSR count). The molecule has 0 spiro atoms. The molecule has 2 aromatic rings. The van der Waals surface area contributed by atoms with Gasteiger partial charge < -0.3 is 4.90 Å². The Kier molecular flexibility index (Phi) is 4.73. The summed E-state index contributed by atoms with van der Waals surface area (Å²) in [4.78, 5) is 14.2. The average molecular weight is 358 g/mol. The Morgan fingerprint density at radius 3 is 2.31 bits per heavy atom. The van der Waals surface area contributed by atoms with Crippen LogP contribution in [0.2, 0.25) is 0 Å². The van der Waals surface area contributed by atoms with Crippen LogP contribution in [-0.4, -0.2) is 17.9 Å². The predicted octanol–water partition coefficient (Wildman–Crippen LogP) is 4.34. The number of nitriles is 1. The average Bonchev–Trinajstić information content (AvgIpc) is 3.42. The van der Waals surface area contributed by atoms with E-state index in [2.05, 4.69) is 0 Å². The molecule has 1 aliphatic carbocycles. The zero-order valence-corrected chi connectivity index (χ0v) is 14.1. The maximum atomic E-state index is 12.6. The van der Waals surface area contributed by atoms with Crippen LogP contribution < -0.4 is 0 Å². The Labute approximate surface area is 149 Å². The van der Waals surface area contributed by atoms with Crippen LogP contribution in [0.4, 0.5) is 13.2 Å². The largest absolute Gasteiger partial charge is 0.416 e. The molecule has 0 aliphatic heterocycles. The highest BCUT2D eigenvalue weighted by atomic mass is 19.4. The highest BCUT2D eigenvalue weighted by Crippen LogP contribution is 2.48. The van der Waals surface area contributed by atoms with Crippen LogP contribution in [0.5, 0.6) is 0 Å². The fourth-order valence-corrected chi connectivity index (χ4v) is 3.08. The van der Waals surface area contributed by atoms with Crippen LogP contribution in [0.15, 0.2) is 48.5 Å². The summed E-state index contributed by atoms with van der Waals surface area (Å²) in [5.74, 6) is -0.220. The summed E-state index contributed by atoms with van der Waals surface area (Å²) in [5, 5.41) is 8.80. The molecule has 2 unspecified atom stereocenters. The van der Waals surface area contributed by atoms with Crippen molar-refractivity contribution in [3.8, 4) is 6.07 Å². The Bertz CT molecular complexity index is 835. The molecule has 1 saturated carbocycles. The lowest BCUT2D eigenvalue weighted by Crippen LogP contribution is -2.28. The number of halogens is 3. The highest BCUT2D eigenvalue weighted by molar-refractivity contribution is 5.82. The fraction of sp³-hybridized carbons (Fsp3) is 0.300. The van der Waals surface area contributed by atoms with Gasteiger partial charge >= 0.3 is 6.18 Å². The maximum absolute atomic E-state index is 12.6. The van der Waals surface area contributed by atoms with Gasteiger partial charge in [-0.25, -0.2) is 0 Å². The molecule has 0 saturated heterocycles. The fourth-order valence-electron chi connectivity index (χ4n) is 3.08. The van der Waals surface area contributed by atoms with Crippen molar-refractivity contribution in [3.63, 3.8) is 0 Å². The molecule has 2 aromatic carbocycles. The topological polar surface area (TPSA) is 44.1 Å². The maximum Gasteiger partial charge on any atom is 0.416 e. The van der Waals surface area contributed by atoms with Crippen molar-refractivity contribution in [1.29, 1.82) is 5.26 Å². The molecular formula is C20H17F3N2O. The standard InChI is InChI=1S/C20H17F3N2O/c1-25(12-14-4-2-13(11-24)3-5-14)19(26)18-10-17(18)15-6-8-16(9-7-15)20(21,22)23/h2-9,17-18H,10,12H2,1H3. The first kappa shape index (κ1) is 18.0. The second kappa shape index (κ2) is 6.83. The first-order valence-electron chi connectivity index (χ1n) is 8.21. The highest BCUT2D eigenvalue weighted by Gasteiger charge is 2.45. The zero-order valence-electron chi connectivity index (χ0n) is 14.1. The van der Waals surface area contributed by atoms with Gasteiger partial charge in [-0.2, -0.15) is 18.4 Å². The van der Waals surface area contributed by atoms with Gasteiger partial charge in [-0.15, -0.1) is 0 Å². The summed E-state index contributed by atoms with van der Waals surface area (Å²) >= 11 is 0. The summed E-state index contributed by atoms with van der Waals surface area (Å²) in [6.07, 6.45) is -3.69. The van der Waals surface area contributed by atoms with E-state index in [1.54, 1.807) is 24.1 Å². The molecule has 0 radical (unpaired) electrons. The molecule has 0 heterocycles. The third-order valence-electron chi connectivity index (χ3n) is 4.65. The molecule has 1 amide bonds. The van der Waals surface area contributed by atoms with Gasteiger partial charge in [0.15, 0.2) is 0 Å². The van der Waals surface area contributed by atoms with E-state index in [1.165, 1.54) is 12.1 Å². The number of carbonyl (C=O) groups is 1. The van der Waals surface area contributed by atoms with Gasteiger partial charge in [0.2, 0.25) is 5.91 Å². The van der Waals surface area contributed by atoms with Gasteiger partial charge in [-0.05, 0) is 47.7 Å². The number of alkyl halides is 3. The second-order valence-corrected chi connectivity index (χ2v) is 6.57. The van der Waals surface area contributed by atoms with E-state index in [0.29, 0.717) is 18.5 Å². The van der Waals surface area contributed by atoms with Crippen LogP contribution >= 0.6 is 0 Å². The van der Waals surface area contributed by atoms with Gasteiger partial charge in [0.25, 0.3) is 0 Å². The minimum Gasteiger partial charge on any atom is -0.341 e. The van der Waals surface area contributed by atoms with Crippen LogP contribution in [-0.2, 0) is 17.5 Å². The normalized spacial score (nSPS) is 18.9. The lowest BCUT2D eigenvalue weighted by atomic mass is 10.1. The van der Waals surface area contributed by atoms with Crippen LogP contribution in [0.1, 0.15) is 34.6 Å². The van der Waals surface area contributed by atoms with Crippen molar-refractivity contribution in [2.45, 2.75) is 25.1 Å². The third-order valence-corrected chi connectivity index (χ3v) is 4.65. The Hall–Kier alpha value is -2.81. The monoisotopic (exact) mass is 358 g/mol. The summed E-state index contributed by atoms with van der Waals surface area (Å²) in [6.45, 7) is 0.431. The van der Waals surface area contributed by atoms with Crippen LogP contribution in [0.25, 0.3) is 0 Å². The minimum atomic E-state index is -4.35. The minimum absolute atomic E-state index is 0.0146. The summed E-state index contributed by atoms with van der Waals surface area (Å²) in [5.41, 5.74) is 1.57. The number of rotatable bonds is 4. The number of hydrogen-bond acceptors (Lipinski definition) is 2. The van der Waals surface area contributed by atoms with Gasteiger partial charge in [-0.3, -0.25) is 4.79 Å². The summed E-state index contributed by atoms with van der Waals surface area (Å²) in [6, 6.07) is 14.1. The van der Waals surface area contributed by atoms with Crippen molar-refractivity contribution in [3.05, 3.63) is 70.8 Å². The first-order chi connectivity index (χ1) is 12.3. The number of hydrogen-bond donors (Lipinski definition) is 0. The Morgan fingerprint density at radius 2 is 1.77 bits per heavy atom. The molecule has 1 aliphatic rings. The third kappa shape index (κ3) is 3.88. The first-order valence-corrected chi connectivity index (χ1v) is 8.21. The van der Waals surface area contributed by atoms with E-state index < -0.39 is 11.7 Å². The molecule has 1 fully saturated rings. The molecule has 0 N–H and O–H groups in total. The van der Waals surface area contributed by atoms with E-state index in [1.807, 2.05) is 18.2 Å². The molecule has 6 heteroatoms. The van der Waals surface area contributed by atoms with E-state index in [-0.39, 0.29) is 17.7 Å². The van der Waals surface area contributed by atoms with E-state index in [0.717, 1.165) is 23.3 Å². The van der Waals surface area contributed by atoms with Crippen molar-refractivity contribution in [1.82, 2.24) is 4.90 Å². The molecular weight excluding hydrogens is 341 g/mol. The zero-order chi connectivity index (χ0) is 18.9. The second-order valence-electron chi connectivity index (χ2n) is 6.57. The molecule has 26 heavy (non-hydrogen) atoms. The van der Waals surface area contributed by atoms with Crippen molar-refractivity contribution < 1.29 is 18.0 Å². The number of nitrogens with zero attached hydrogens (tertiary/aromatic N) is 2. The van der Waals surface area contributed by atoms with Crippen molar-refractivity contribution in [2.75, 3.05) is 7.05 Å². The van der Waals surface area contributed by atoms with Crippen LogP contribution in [0.3, 0.4) is 0 Å². The Morgan fingerprint density at radius 1 is 1.15 bits per heavy atom. The lowest BCUT2D eigenvalue weighted by molar-refractivity contribution is -0.137.